The number of hydrogen-bond acceptors (Lipinski definition) is 3. The van der Waals surface area contributed by atoms with E-state index in [2.05, 4.69) is 10.2 Å². The summed E-state index contributed by atoms with van der Waals surface area (Å²) in [6.07, 6.45) is 1.88. The van der Waals surface area contributed by atoms with Gasteiger partial charge < -0.3 is 9.47 Å². The highest BCUT2D eigenvalue weighted by atomic mass is 16.7. The lowest BCUT2D eigenvalue weighted by Crippen LogP contribution is -1.92. The Balaban J connectivity index is 2.11. The maximum absolute atomic E-state index is 5.32. The number of nitrogens with zero attached hydrogens (tertiary/aromatic N) is 1. The Bertz CT molecular complexity index is 505. The summed E-state index contributed by atoms with van der Waals surface area (Å²) in [6.45, 7) is 2.28. The molecule has 3 rings (SSSR count). The second-order valence-corrected chi connectivity index (χ2v) is 3.45. The van der Waals surface area contributed by atoms with Crippen LogP contribution in [0.3, 0.4) is 0 Å². The molecule has 0 atom stereocenters. The fourth-order valence-corrected chi connectivity index (χ4v) is 1.71. The van der Waals surface area contributed by atoms with Crippen LogP contribution in [0, 0.1) is 6.92 Å². The SMILES string of the molecule is Cc1n[nH]cc1-c1ccc2c(c1)OCO2. The minimum absolute atomic E-state index is 0.309. The molecule has 15 heavy (non-hydrogen) atoms. The molecule has 4 nitrogen and oxygen atoms in total. The zero-order chi connectivity index (χ0) is 10.3. The largest absolute Gasteiger partial charge is 0.454 e. The van der Waals surface area contributed by atoms with Crippen molar-refractivity contribution in [1.29, 1.82) is 0 Å². The van der Waals surface area contributed by atoms with Crippen LogP contribution in [0.15, 0.2) is 24.4 Å². The average molecular weight is 202 g/mol. The summed E-state index contributed by atoms with van der Waals surface area (Å²) in [5.41, 5.74) is 3.16. The molecule has 1 aromatic carbocycles. The fourth-order valence-electron chi connectivity index (χ4n) is 1.71. The predicted octanol–water partition coefficient (Wildman–Crippen LogP) is 2.11. The van der Waals surface area contributed by atoms with Crippen molar-refractivity contribution >= 4 is 0 Å². The molecule has 1 aromatic heterocycles. The van der Waals surface area contributed by atoms with Crippen LogP contribution in [-0.2, 0) is 0 Å². The standard InChI is InChI=1S/C11H10N2O2/c1-7-9(5-12-13-7)8-2-3-10-11(4-8)15-6-14-10/h2-5H,6H2,1H3,(H,12,13). The molecule has 2 heterocycles. The van der Waals surface area contributed by atoms with Crippen LogP contribution in [0.1, 0.15) is 5.69 Å². The van der Waals surface area contributed by atoms with E-state index in [1.54, 1.807) is 0 Å². The number of H-pyrrole nitrogens is 1. The third-order valence-electron chi connectivity index (χ3n) is 2.51. The number of nitrogens with one attached hydrogen (secondary N) is 1. The topological polar surface area (TPSA) is 47.1 Å². The molecule has 2 aromatic rings. The highest BCUT2D eigenvalue weighted by Gasteiger charge is 2.14. The molecule has 0 spiro atoms. The van der Waals surface area contributed by atoms with Crippen LogP contribution in [0.5, 0.6) is 11.5 Å². The summed E-state index contributed by atoms with van der Waals surface area (Å²) in [5.74, 6) is 1.60. The summed E-state index contributed by atoms with van der Waals surface area (Å²) in [4.78, 5) is 0. The number of hydrogen-bond donors (Lipinski definition) is 1. The Morgan fingerprint density at radius 2 is 2.13 bits per heavy atom. The third-order valence-corrected chi connectivity index (χ3v) is 2.51. The van der Waals surface area contributed by atoms with Crippen LogP contribution in [0.25, 0.3) is 11.1 Å². The van der Waals surface area contributed by atoms with Crippen LogP contribution >= 0.6 is 0 Å². The normalized spacial score (nSPS) is 13.1. The van der Waals surface area contributed by atoms with Gasteiger partial charge in [-0.25, -0.2) is 0 Å². The molecular formula is C11H10N2O2. The van der Waals surface area contributed by atoms with E-state index in [4.69, 9.17) is 9.47 Å². The van der Waals surface area contributed by atoms with Gasteiger partial charge in [0.25, 0.3) is 0 Å². The molecule has 0 fully saturated rings. The number of fused-ring (bicyclic) bond motifs is 1. The first-order valence-corrected chi connectivity index (χ1v) is 4.75. The Kier molecular flexibility index (Phi) is 1.68. The number of rotatable bonds is 1. The van der Waals surface area contributed by atoms with Crippen molar-refractivity contribution in [3.63, 3.8) is 0 Å². The molecule has 0 aliphatic carbocycles. The fraction of sp³-hybridized carbons (Fsp3) is 0.182. The Morgan fingerprint density at radius 1 is 1.27 bits per heavy atom. The zero-order valence-electron chi connectivity index (χ0n) is 8.28. The van der Waals surface area contributed by atoms with Gasteiger partial charge in [-0.1, -0.05) is 6.07 Å². The lowest BCUT2D eigenvalue weighted by atomic mass is 10.1. The van der Waals surface area contributed by atoms with Crippen LogP contribution < -0.4 is 9.47 Å². The Labute approximate surface area is 86.8 Å². The summed E-state index contributed by atoms with van der Waals surface area (Å²) in [6, 6.07) is 5.90. The van der Waals surface area contributed by atoms with E-state index in [9.17, 15) is 0 Å². The number of aromatic amines is 1. The molecule has 1 aliphatic heterocycles. The van der Waals surface area contributed by atoms with E-state index in [0.717, 1.165) is 28.3 Å². The van der Waals surface area contributed by atoms with E-state index >= 15 is 0 Å². The highest BCUT2D eigenvalue weighted by Crippen LogP contribution is 2.36. The van der Waals surface area contributed by atoms with E-state index < -0.39 is 0 Å². The molecule has 1 aliphatic rings. The Hall–Kier alpha value is -1.97. The maximum atomic E-state index is 5.32. The van der Waals surface area contributed by atoms with Crippen molar-refractivity contribution in [2.45, 2.75) is 6.92 Å². The first-order valence-electron chi connectivity index (χ1n) is 4.75. The van der Waals surface area contributed by atoms with Gasteiger partial charge in [-0.15, -0.1) is 0 Å². The van der Waals surface area contributed by atoms with Gasteiger partial charge in [0.1, 0.15) is 0 Å². The van der Waals surface area contributed by atoms with Crippen LogP contribution in [0.4, 0.5) is 0 Å². The van der Waals surface area contributed by atoms with Crippen molar-refractivity contribution in [2.24, 2.45) is 0 Å². The number of aromatic nitrogens is 2. The molecule has 1 N–H and O–H groups in total. The minimum atomic E-state index is 0.309. The number of ether oxygens (including phenoxy) is 2. The smallest absolute Gasteiger partial charge is 0.231 e. The molecular weight excluding hydrogens is 192 g/mol. The first kappa shape index (κ1) is 8.35. The Morgan fingerprint density at radius 3 is 2.93 bits per heavy atom. The average Bonchev–Trinajstić information content (AvgIpc) is 2.84. The summed E-state index contributed by atoms with van der Waals surface area (Å²) in [7, 11) is 0. The van der Waals surface area contributed by atoms with Gasteiger partial charge in [0, 0.05) is 11.8 Å². The van der Waals surface area contributed by atoms with E-state index in [1.165, 1.54) is 0 Å². The molecule has 0 saturated heterocycles. The van der Waals surface area contributed by atoms with E-state index in [-0.39, 0.29) is 0 Å². The van der Waals surface area contributed by atoms with Crippen LogP contribution in [0.2, 0.25) is 0 Å². The molecule has 0 unspecified atom stereocenters. The van der Waals surface area contributed by atoms with Gasteiger partial charge >= 0.3 is 0 Å². The first-order chi connectivity index (χ1) is 7.34. The number of aryl methyl sites for hydroxylation is 1. The van der Waals surface area contributed by atoms with E-state index in [1.807, 2.05) is 31.3 Å². The summed E-state index contributed by atoms with van der Waals surface area (Å²) in [5, 5.41) is 6.93. The van der Waals surface area contributed by atoms with Crippen molar-refractivity contribution < 1.29 is 9.47 Å². The predicted molar refractivity (Wildman–Crippen MR) is 54.9 cm³/mol. The quantitative estimate of drug-likeness (QED) is 0.770. The number of benzene rings is 1. The van der Waals surface area contributed by atoms with Gasteiger partial charge in [0.2, 0.25) is 6.79 Å². The van der Waals surface area contributed by atoms with Crippen molar-refractivity contribution in [3.8, 4) is 22.6 Å². The van der Waals surface area contributed by atoms with Gasteiger partial charge in [0.15, 0.2) is 11.5 Å². The molecule has 0 radical (unpaired) electrons. The summed E-state index contributed by atoms with van der Waals surface area (Å²) >= 11 is 0. The second-order valence-electron chi connectivity index (χ2n) is 3.45. The summed E-state index contributed by atoms with van der Waals surface area (Å²) < 4.78 is 10.6. The minimum Gasteiger partial charge on any atom is -0.454 e. The molecule has 0 amide bonds. The van der Waals surface area contributed by atoms with Gasteiger partial charge in [-0.3, -0.25) is 5.10 Å². The van der Waals surface area contributed by atoms with Crippen molar-refractivity contribution in [1.82, 2.24) is 10.2 Å². The second kappa shape index (κ2) is 3.02. The van der Waals surface area contributed by atoms with Gasteiger partial charge in [-0.05, 0) is 24.6 Å². The van der Waals surface area contributed by atoms with E-state index in [0.29, 0.717) is 6.79 Å². The molecule has 0 bridgehead atoms. The van der Waals surface area contributed by atoms with Crippen LogP contribution in [-0.4, -0.2) is 17.0 Å². The molecule has 0 saturated carbocycles. The third kappa shape index (κ3) is 1.26. The highest BCUT2D eigenvalue weighted by molar-refractivity contribution is 5.68. The molecule has 4 heteroatoms. The maximum Gasteiger partial charge on any atom is 0.231 e. The monoisotopic (exact) mass is 202 g/mol. The van der Waals surface area contributed by atoms with Gasteiger partial charge in [0.05, 0.1) is 5.69 Å². The lowest BCUT2D eigenvalue weighted by molar-refractivity contribution is 0.174. The van der Waals surface area contributed by atoms with Crippen molar-refractivity contribution in [2.75, 3.05) is 6.79 Å². The van der Waals surface area contributed by atoms with Gasteiger partial charge in [-0.2, -0.15) is 5.10 Å². The lowest BCUT2D eigenvalue weighted by Gasteiger charge is -2.00. The zero-order valence-corrected chi connectivity index (χ0v) is 8.28. The van der Waals surface area contributed by atoms with Crippen molar-refractivity contribution in [3.05, 3.63) is 30.1 Å². The molecule has 76 valence electrons.